The topological polar surface area (TPSA) is 19.4 Å². The Morgan fingerprint density at radius 2 is 2.20 bits per heavy atom. The third kappa shape index (κ3) is 1.42. The van der Waals surface area contributed by atoms with Crippen LogP contribution in [0.2, 0.25) is 0 Å². The van der Waals surface area contributed by atoms with Gasteiger partial charge in [-0.1, -0.05) is 0 Å². The molecule has 0 unspecified atom stereocenters. The van der Waals surface area contributed by atoms with Crippen molar-refractivity contribution in [3.05, 3.63) is 24.0 Å². The molecule has 0 amide bonds. The average molecular weight is 203 g/mol. The number of pyridine rings is 1. The molecule has 80 valence electrons. The predicted molar refractivity (Wildman–Crippen MR) is 61.1 cm³/mol. The summed E-state index contributed by atoms with van der Waals surface area (Å²) in [6.45, 7) is 4.46. The summed E-state index contributed by atoms with van der Waals surface area (Å²) >= 11 is 0. The Bertz CT molecular complexity index is 375. The highest BCUT2D eigenvalue weighted by Gasteiger charge is 2.41. The van der Waals surface area contributed by atoms with Crippen LogP contribution in [0.15, 0.2) is 18.3 Å². The van der Waals surface area contributed by atoms with Crippen LogP contribution in [-0.4, -0.2) is 42.1 Å². The first kappa shape index (κ1) is 9.16. The first-order valence-corrected chi connectivity index (χ1v) is 5.63. The van der Waals surface area contributed by atoms with E-state index in [4.69, 9.17) is 0 Å². The van der Waals surface area contributed by atoms with Crippen molar-refractivity contribution in [1.82, 2.24) is 9.88 Å². The molecule has 3 nitrogen and oxygen atoms in total. The summed E-state index contributed by atoms with van der Waals surface area (Å²) in [7, 11) is 2.24. The van der Waals surface area contributed by atoms with Gasteiger partial charge in [0, 0.05) is 42.8 Å². The van der Waals surface area contributed by atoms with E-state index >= 15 is 0 Å². The molecule has 3 rings (SSSR count). The van der Waals surface area contributed by atoms with Crippen molar-refractivity contribution in [3.63, 3.8) is 0 Å². The van der Waals surface area contributed by atoms with E-state index in [1.807, 2.05) is 6.20 Å². The zero-order chi connectivity index (χ0) is 10.4. The molecule has 1 aromatic rings. The summed E-state index contributed by atoms with van der Waals surface area (Å²) in [5, 5.41) is 0. The Morgan fingerprint density at radius 1 is 1.33 bits per heavy atom. The highest BCUT2D eigenvalue weighted by atomic mass is 15.3. The Balaban J connectivity index is 1.86. The number of rotatable bonds is 1. The molecule has 0 aromatic carbocycles. The normalized spacial score (nSPS) is 30.1. The molecule has 2 fully saturated rings. The number of fused-ring (bicyclic) bond motifs is 2. The molecule has 2 aliphatic heterocycles. The molecule has 0 N–H and O–H groups in total. The van der Waals surface area contributed by atoms with Crippen molar-refractivity contribution in [3.8, 4) is 0 Å². The van der Waals surface area contributed by atoms with Crippen molar-refractivity contribution in [2.45, 2.75) is 25.4 Å². The second-order valence-corrected chi connectivity index (χ2v) is 4.79. The fraction of sp³-hybridized carbons (Fsp3) is 0.583. The third-order valence-corrected chi connectivity index (χ3v) is 3.73. The first-order valence-electron chi connectivity index (χ1n) is 5.63. The second-order valence-electron chi connectivity index (χ2n) is 4.79. The summed E-state index contributed by atoms with van der Waals surface area (Å²) < 4.78 is 0. The van der Waals surface area contributed by atoms with Crippen LogP contribution in [0.4, 0.5) is 5.69 Å². The molecule has 0 spiro atoms. The minimum Gasteiger partial charge on any atom is -0.366 e. The molecular weight excluding hydrogens is 186 g/mol. The number of aromatic nitrogens is 1. The van der Waals surface area contributed by atoms with Crippen molar-refractivity contribution in [2.24, 2.45) is 0 Å². The van der Waals surface area contributed by atoms with Crippen LogP contribution in [0, 0.1) is 6.92 Å². The van der Waals surface area contributed by atoms with Crippen molar-refractivity contribution < 1.29 is 0 Å². The van der Waals surface area contributed by atoms with E-state index in [1.54, 1.807) is 0 Å². The number of likely N-dealkylation sites (N-methyl/N-ethyl adjacent to an activating group) is 1. The van der Waals surface area contributed by atoms with Gasteiger partial charge in [-0.25, -0.2) is 0 Å². The number of hydrogen-bond donors (Lipinski definition) is 0. The van der Waals surface area contributed by atoms with Crippen LogP contribution in [0.5, 0.6) is 0 Å². The molecule has 1 aromatic heterocycles. The molecule has 0 radical (unpaired) electrons. The second kappa shape index (κ2) is 3.20. The maximum atomic E-state index is 4.25. The number of aryl methyl sites for hydroxylation is 1. The lowest BCUT2D eigenvalue weighted by Gasteiger charge is -2.33. The summed E-state index contributed by atoms with van der Waals surface area (Å²) in [5.41, 5.74) is 2.46. The van der Waals surface area contributed by atoms with E-state index in [0.29, 0.717) is 0 Å². The highest BCUT2D eigenvalue weighted by Crippen LogP contribution is 2.33. The van der Waals surface area contributed by atoms with Gasteiger partial charge in [-0.3, -0.25) is 9.88 Å². The Kier molecular flexibility index (Phi) is 1.96. The molecule has 2 saturated heterocycles. The lowest BCUT2D eigenvalue weighted by Crippen LogP contribution is -2.44. The van der Waals surface area contributed by atoms with E-state index in [1.165, 1.54) is 25.2 Å². The van der Waals surface area contributed by atoms with Gasteiger partial charge < -0.3 is 4.90 Å². The van der Waals surface area contributed by atoms with Gasteiger partial charge in [0.25, 0.3) is 0 Å². The van der Waals surface area contributed by atoms with Gasteiger partial charge in [0.2, 0.25) is 0 Å². The summed E-state index contributed by atoms with van der Waals surface area (Å²) in [4.78, 5) is 9.27. The third-order valence-electron chi connectivity index (χ3n) is 3.73. The molecule has 0 aliphatic carbocycles. The summed E-state index contributed by atoms with van der Waals surface area (Å²) in [5.74, 6) is 0. The smallest absolute Gasteiger partial charge is 0.0433 e. The molecule has 2 bridgehead atoms. The monoisotopic (exact) mass is 203 g/mol. The van der Waals surface area contributed by atoms with Crippen molar-refractivity contribution in [1.29, 1.82) is 0 Å². The number of likely N-dealkylation sites (tertiary alicyclic amines) is 1. The highest BCUT2D eigenvalue weighted by molar-refractivity contribution is 5.50. The summed E-state index contributed by atoms with van der Waals surface area (Å²) in [6.07, 6.45) is 3.25. The molecule has 2 atom stereocenters. The molecule has 0 saturated carbocycles. The largest absolute Gasteiger partial charge is 0.366 e. The van der Waals surface area contributed by atoms with E-state index in [0.717, 1.165) is 17.8 Å². The number of anilines is 1. The maximum absolute atomic E-state index is 4.25. The van der Waals surface area contributed by atoms with Gasteiger partial charge in [0.15, 0.2) is 0 Å². The van der Waals surface area contributed by atoms with Gasteiger partial charge >= 0.3 is 0 Å². The minimum atomic E-state index is 0.724. The molecule has 3 heteroatoms. The Hall–Kier alpha value is -1.09. The first-order chi connectivity index (χ1) is 7.24. The van der Waals surface area contributed by atoms with Gasteiger partial charge in [0.05, 0.1) is 0 Å². The SMILES string of the molecule is Cc1cc(N2C[C@@H]3C[C@H]2CN3C)ccn1. The van der Waals surface area contributed by atoms with Crippen LogP contribution >= 0.6 is 0 Å². The molecule has 15 heavy (non-hydrogen) atoms. The minimum absolute atomic E-state index is 0.724. The fourth-order valence-electron chi connectivity index (χ4n) is 2.89. The fourth-order valence-corrected chi connectivity index (χ4v) is 2.89. The van der Waals surface area contributed by atoms with Gasteiger partial charge in [-0.2, -0.15) is 0 Å². The van der Waals surface area contributed by atoms with Crippen LogP contribution in [0.25, 0.3) is 0 Å². The van der Waals surface area contributed by atoms with E-state index in [-0.39, 0.29) is 0 Å². The Labute approximate surface area is 90.7 Å². The molecular formula is C12H17N3. The number of hydrogen-bond acceptors (Lipinski definition) is 3. The van der Waals surface area contributed by atoms with Gasteiger partial charge in [-0.05, 0) is 32.5 Å². The zero-order valence-corrected chi connectivity index (χ0v) is 9.35. The maximum Gasteiger partial charge on any atom is 0.0433 e. The predicted octanol–water partition coefficient (Wildman–Crippen LogP) is 1.28. The van der Waals surface area contributed by atoms with E-state index < -0.39 is 0 Å². The summed E-state index contributed by atoms with van der Waals surface area (Å²) in [6, 6.07) is 5.82. The molecule has 2 aliphatic rings. The molecule has 3 heterocycles. The van der Waals surface area contributed by atoms with Crippen LogP contribution in [-0.2, 0) is 0 Å². The number of piperazine rings is 1. The van der Waals surface area contributed by atoms with Crippen LogP contribution < -0.4 is 4.90 Å². The Morgan fingerprint density at radius 3 is 2.80 bits per heavy atom. The quantitative estimate of drug-likeness (QED) is 0.685. The van der Waals surface area contributed by atoms with Crippen molar-refractivity contribution >= 4 is 5.69 Å². The van der Waals surface area contributed by atoms with Crippen molar-refractivity contribution in [2.75, 3.05) is 25.0 Å². The van der Waals surface area contributed by atoms with Crippen LogP contribution in [0.3, 0.4) is 0 Å². The van der Waals surface area contributed by atoms with Gasteiger partial charge in [-0.15, -0.1) is 0 Å². The lowest BCUT2D eigenvalue weighted by molar-refractivity contribution is 0.292. The van der Waals surface area contributed by atoms with E-state index in [2.05, 4.69) is 40.9 Å². The number of nitrogens with zero attached hydrogens (tertiary/aromatic N) is 3. The standard InChI is InChI=1S/C12H17N3/c1-9-5-10(3-4-13-9)15-8-11-6-12(15)7-14(11)2/h3-5,11-12H,6-8H2,1-2H3/t11-,12-/m0/s1. The van der Waals surface area contributed by atoms with E-state index in [9.17, 15) is 0 Å². The van der Waals surface area contributed by atoms with Crippen LogP contribution in [0.1, 0.15) is 12.1 Å². The van der Waals surface area contributed by atoms with Gasteiger partial charge in [0.1, 0.15) is 0 Å². The lowest BCUT2D eigenvalue weighted by atomic mass is 10.2. The zero-order valence-electron chi connectivity index (χ0n) is 9.35. The average Bonchev–Trinajstić information content (AvgIpc) is 2.76.